The van der Waals surface area contributed by atoms with Gasteiger partial charge < -0.3 is 5.32 Å². The Balaban J connectivity index is 1.64. The third-order valence-corrected chi connectivity index (χ3v) is 3.71. The summed E-state index contributed by atoms with van der Waals surface area (Å²) >= 11 is 1.44. The molecule has 0 aliphatic rings. The van der Waals surface area contributed by atoms with Crippen LogP contribution < -0.4 is 5.32 Å². The van der Waals surface area contributed by atoms with E-state index >= 15 is 0 Å². The minimum absolute atomic E-state index is 0.0466. The first-order valence-electron chi connectivity index (χ1n) is 6.49. The molecule has 0 fully saturated rings. The standard InChI is InChI=1S/C15H16N2O2S/c18-13(14-7-4-10-20-14)6-3-8-15(19)17-11-12-5-1-2-9-16-12/h1-2,4-5,7,9-10H,3,6,8,11H2,(H,17,19). The topological polar surface area (TPSA) is 59.1 Å². The lowest BCUT2D eigenvalue weighted by Crippen LogP contribution is -2.23. The SMILES string of the molecule is O=C(CCCC(=O)c1cccs1)NCc1ccccn1. The van der Waals surface area contributed by atoms with E-state index in [1.165, 1.54) is 11.3 Å². The van der Waals surface area contributed by atoms with Gasteiger partial charge in [0.15, 0.2) is 5.78 Å². The molecular weight excluding hydrogens is 272 g/mol. The van der Waals surface area contributed by atoms with Crippen LogP contribution in [0.3, 0.4) is 0 Å². The summed E-state index contributed by atoms with van der Waals surface area (Å²) < 4.78 is 0. The highest BCUT2D eigenvalue weighted by Gasteiger charge is 2.08. The molecule has 2 heterocycles. The Kier molecular flexibility index (Phi) is 5.43. The van der Waals surface area contributed by atoms with E-state index in [0.29, 0.717) is 25.8 Å². The molecule has 0 bridgehead atoms. The van der Waals surface area contributed by atoms with E-state index < -0.39 is 0 Å². The molecule has 1 amide bonds. The molecule has 104 valence electrons. The summed E-state index contributed by atoms with van der Waals surface area (Å²) in [6.07, 6.45) is 3.05. The van der Waals surface area contributed by atoms with Crippen LogP contribution in [0.2, 0.25) is 0 Å². The van der Waals surface area contributed by atoms with Gasteiger partial charge in [-0.05, 0) is 30.0 Å². The molecule has 0 aliphatic carbocycles. The zero-order valence-electron chi connectivity index (χ0n) is 11.0. The normalized spacial score (nSPS) is 10.2. The lowest BCUT2D eigenvalue weighted by Gasteiger charge is -2.04. The maximum atomic E-state index is 11.7. The number of carbonyl (C=O) groups excluding carboxylic acids is 2. The van der Waals surface area contributed by atoms with Crippen molar-refractivity contribution in [1.82, 2.24) is 10.3 Å². The van der Waals surface area contributed by atoms with Gasteiger partial charge in [0.05, 0.1) is 17.1 Å². The number of hydrogen-bond donors (Lipinski definition) is 1. The highest BCUT2D eigenvalue weighted by atomic mass is 32.1. The van der Waals surface area contributed by atoms with Crippen molar-refractivity contribution < 1.29 is 9.59 Å². The molecule has 2 aromatic rings. The van der Waals surface area contributed by atoms with Gasteiger partial charge in [0.2, 0.25) is 5.91 Å². The fourth-order valence-corrected chi connectivity index (χ4v) is 2.44. The van der Waals surface area contributed by atoms with Gasteiger partial charge in [0.25, 0.3) is 0 Å². The van der Waals surface area contributed by atoms with Crippen molar-refractivity contribution >= 4 is 23.0 Å². The first-order chi connectivity index (χ1) is 9.75. The van der Waals surface area contributed by atoms with Gasteiger partial charge in [-0.2, -0.15) is 0 Å². The molecule has 2 rings (SSSR count). The van der Waals surface area contributed by atoms with Crippen LogP contribution in [0.15, 0.2) is 41.9 Å². The summed E-state index contributed by atoms with van der Waals surface area (Å²) in [4.78, 5) is 28.3. The smallest absolute Gasteiger partial charge is 0.220 e. The second-order valence-corrected chi connectivity index (χ2v) is 5.30. The first-order valence-corrected chi connectivity index (χ1v) is 7.37. The molecule has 0 spiro atoms. The largest absolute Gasteiger partial charge is 0.350 e. The lowest BCUT2D eigenvalue weighted by atomic mass is 10.1. The number of nitrogens with zero attached hydrogens (tertiary/aromatic N) is 1. The van der Waals surface area contributed by atoms with Gasteiger partial charge in [-0.1, -0.05) is 12.1 Å². The molecule has 5 heteroatoms. The molecule has 20 heavy (non-hydrogen) atoms. The average molecular weight is 288 g/mol. The second kappa shape index (κ2) is 7.55. The Hall–Kier alpha value is -2.01. The summed E-state index contributed by atoms with van der Waals surface area (Å²) in [5.74, 6) is 0.0622. The zero-order valence-corrected chi connectivity index (χ0v) is 11.9. The average Bonchev–Trinajstić information content (AvgIpc) is 3.00. The molecule has 4 nitrogen and oxygen atoms in total. The van der Waals surface area contributed by atoms with E-state index in [1.54, 1.807) is 6.20 Å². The lowest BCUT2D eigenvalue weighted by molar-refractivity contribution is -0.121. The van der Waals surface area contributed by atoms with E-state index in [1.807, 2.05) is 35.7 Å². The Morgan fingerprint density at radius 2 is 2.05 bits per heavy atom. The van der Waals surface area contributed by atoms with Crippen molar-refractivity contribution in [3.8, 4) is 0 Å². The van der Waals surface area contributed by atoms with Crippen LogP contribution in [-0.4, -0.2) is 16.7 Å². The van der Waals surface area contributed by atoms with Gasteiger partial charge in [-0.15, -0.1) is 11.3 Å². The minimum atomic E-state index is -0.0466. The van der Waals surface area contributed by atoms with Crippen molar-refractivity contribution in [2.24, 2.45) is 0 Å². The second-order valence-electron chi connectivity index (χ2n) is 4.35. The van der Waals surface area contributed by atoms with Gasteiger partial charge in [-0.3, -0.25) is 14.6 Å². The number of amides is 1. The van der Waals surface area contributed by atoms with Crippen molar-refractivity contribution in [3.63, 3.8) is 0 Å². The van der Waals surface area contributed by atoms with Crippen molar-refractivity contribution in [2.45, 2.75) is 25.8 Å². The maximum absolute atomic E-state index is 11.7. The van der Waals surface area contributed by atoms with Gasteiger partial charge in [-0.25, -0.2) is 0 Å². The molecule has 0 saturated carbocycles. The number of carbonyl (C=O) groups is 2. The summed E-state index contributed by atoms with van der Waals surface area (Å²) in [6, 6.07) is 9.25. The van der Waals surface area contributed by atoms with E-state index in [2.05, 4.69) is 10.3 Å². The number of thiophene rings is 1. The van der Waals surface area contributed by atoms with Crippen LogP contribution in [0.5, 0.6) is 0 Å². The van der Waals surface area contributed by atoms with Crippen LogP contribution in [0.25, 0.3) is 0 Å². The van der Waals surface area contributed by atoms with Crippen LogP contribution in [0.1, 0.15) is 34.6 Å². The summed E-state index contributed by atoms with van der Waals surface area (Å²) in [6.45, 7) is 0.429. The molecule has 0 aromatic carbocycles. The number of hydrogen-bond acceptors (Lipinski definition) is 4. The van der Waals surface area contributed by atoms with E-state index in [-0.39, 0.29) is 11.7 Å². The summed E-state index contributed by atoms with van der Waals surface area (Å²) in [7, 11) is 0. The fourth-order valence-electron chi connectivity index (χ4n) is 1.75. The van der Waals surface area contributed by atoms with Gasteiger partial charge in [0.1, 0.15) is 0 Å². The molecule has 0 aliphatic heterocycles. The van der Waals surface area contributed by atoms with Crippen LogP contribution in [-0.2, 0) is 11.3 Å². The zero-order chi connectivity index (χ0) is 14.2. The number of rotatable bonds is 7. The predicted molar refractivity (Wildman–Crippen MR) is 78.6 cm³/mol. The molecule has 0 radical (unpaired) electrons. The Morgan fingerprint density at radius 3 is 2.75 bits per heavy atom. The van der Waals surface area contributed by atoms with Crippen molar-refractivity contribution in [3.05, 3.63) is 52.5 Å². The van der Waals surface area contributed by atoms with E-state index in [4.69, 9.17) is 0 Å². The molecule has 1 N–H and O–H groups in total. The molecule has 2 aromatic heterocycles. The maximum Gasteiger partial charge on any atom is 0.220 e. The highest BCUT2D eigenvalue weighted by molar-refractivity contribution is 7.12. The molecule has 0 unspecified atom stereocenters. The quantitative estimate of drug-likeness (QED) is 0.797. The number of nitrogens with one attached hydrogen (secondary N) is 1. The Morgan fingerprint density at radius 1 is 1.15 bits per heavy atom. The molecule has 0 saturated heterocycles. The third-order valence-electron chi connectivity index (χ3n) is 2.80. The Bertz CT molecular complexity index is 553. The van der Waals surface area contributed by atoms with Crippen LogP contribution in [0, 0.1) is 0 Å². The van der Waals surface area contributed by atoms with E-state index in [0.717, 1.165) is 10.6 Å². The van der Waals surface area contributed by atoms with Gasteiger partial charge in [0, 0.05) is 19.0 Å². The monoisotopic (exact) mass is 288 g/mol. The predicted octanol–water partition coefficient (Wildman–Crippen LogP) is 2.81. The first kappa shape index (κ1) is 14.4. The van der Waals surface area contributed by atoms with E-state index in [9.17, 15) is 9.59 Å². The van der Waals surface area contributed by atoms with Crippen LogP contribution >= 0.6 is 11.3 Å². The summed E-state index contributed by atoms with van der Waals surface area (Å²) in [5.41, 5.74) is 0.829. The minimum Gasteiger partial charge on any atom is -0.350 e. The number of pyridine rings is 1. The number of aromatic nitrogens is 1. The van der Waals surface area contributed by atoms with Crippen molar-refractivity contribution in [2.75, 3.05) is 0 Å². The summed E-state index contributed by atoms with van der Waals surface area (Å²) in [5, 5.41) is 4.68. The Labute approximate surface area is 121 Å². The van der Waals surface area contributed by atoms with Gasteiger partial charge >= 0.3 is 0 Å². The molecule has 0 atom stereocenters. The highest BCUT2D eigenvalue weighted by Crippen LogP contribution is 2.12. The number of Topliss-reactive ketones (excluding diaryl/α,β-unsaturated/α-hetero) is 1. The van der Waals surface area contributed by atoms with Crippen molar-refractivity contribution in [1.29, 1.82) is 0 Å². The van der Waals surface area contributed by atoms with Crippen LogP contribution in [0.4, 0.5) is 0 Å². The number of ketones is 1. The third kappa shape index (κ3) is 4.59. The fraction of sp³-hybridized carbons (Fsp3) is 0.267. The molecular formula is C15H16N2O2S.